The van der Waals surface area contributed by atoms with Crippen LogP contribution in [0.3, 0.4) is 0 Å². The van der Waals surface area contributed by atoms with Crippen LogP contribution in [-0.2, 0) is 14.8 Å². The number of amides is 1. The fraction of sp³-hybridized carbons (Fsp3) is 0.688. The number of carbonyl (C=O) groups is 1. The van der Waals surface area contributed by atoms with Crippen molar-refractivity contribution in [3.8, 4) is 0 Å². The lowest BCUT2D eigenvalue weighted by molar-refractivity contribution is -0.122. The van der Waals surface area contributed by atoms with Gasteiger partial charge in [0, 0.05) is 26.1 Å². The normalized spacial score (nSPS) is 17.3. The first-order chi connectivity index (χ1) is 11.3. The average Bonchev–Trinajstić information content (AvgIpc) is 2.95. The van der Waals surface area contributed by atoms with E-state index in [2.05, 4.69) is 19.2 Å². The number of carbonyl (C=O) groups excluding carboxylic acids is 1. The van der Waals surface area contributed by atoms with Gasteiger partial charge in [-0.3, -0.25) is 4.79 Å². The number of hydrogen-bond acceptors (Lipinski definition) is 4. The average molecular weight is 393 g/mol. The van der Waals surface area contributed by atoms with Crippen molar-refractivity contribution in [1.29, 1.82) is 0 Å². The van der Waals surface area contributed by atoms with Gasteiger partial charge in [0.05, 0.1) is 4.34 Å². The second kappa shape index (κ2) is 8.65. The highest BCUT2D eigenvalue weighted by atomic mass is 35.5. The van der Waals surface area contributed by atoms with Crippen molar-refractivity contribution in [2.24, 2.45) is 11.8 Å². The SMILES string of the molecule is CC(C)CCNC(=O)CC1CCN(S(=O)(=O)c2ccc(Cl)s2)CC1. The van der Waals surface area contributed by atoms with Gasteiger partial charge in [0.15, 0.2) is 0 Å². The molecule has 1 amide bonds. The van der Waals surface area contributed by atoms with E-state index in [9.17, 15) is 13.2 Å². The fourth-order valence-corrected chi connectivity index (χ4v) is 5.86. The van der Waals surface area contributed by atoms with Crippen molar-refractivity contribution >= 4 is 38.9 Å². The van der Waals surface area contributed by atoms with Crippen LogP contribution in [0.15, 0.2) is 16.3 Å². The van der Waals surface area contributed by atoms with E-state index in [-0.39, 0.29) is 16.0 Å². The van der Waals surface area contributed by atoms with Crippen LogP contribution < -0.4 is 5.32 Å². The summed E-state index contributed by atoms with van der Waals surface area (Å²) in [5.41, 5.74) is 0. The summed E-state index contributed by atoms with van der Waals surface area (Å²) in [6.07, 6.45) is 2.90. The van der Waals surface area contributed by atoms with E-state index in [1.807, 2.05) is 0 Å². The number of nitrogens with zero attached hydrogens (tertiary/aromatic N) is 1. The third-order valence-electron chi connectivity index (χ3n) is 4.23. The van der Waals surface area contributed by atoms with Gasteiger partial charge in [0.2, 0.25) is 5.91 Å². The number of thiophene rings is 1. The summed E-state index contributed by atoms with van der Waals surface area (Å²) in [5, 5.41) is 2.95. The summed E-state index contributed by atoms with van der Waals surface area (Å²) in [7, 11) is -3.45. The first kappa shape index (κ1) is 19.7. The molecule has 0 aliphatic carbocycles. The predicted octanol–water partition coefficient (Wildman–Crippen LogP) is 3.35. The lowest BCUT2D eigenvalue weighted by Gasteiger charge is -2.30. The van der Waals surface area contributed by atoms with Crippen LogP contribution in [0.5, 0.6) is 0 Å². The van der Waals surface area contributed by atoms with E-state index >= 15 is 0 Å². The highest BCUT2D eigenvalue weighted by Crippen LogP contribution is 2.31. The molecule has 0 saturated carbocycles. The quantitative estimate of drug-likeness (QED) is 0.773. The summed E-state index contributed by atoms with van der Waals surface area (Å²) in [4.78, 5) is 11.9. The second-order valence-corrected chi connectivity index (χ2v) is 10.5. The zero-order chi connectivity index (χ0) is 17.7. The van der Waals surface area contributed by atoms with Crippen LogP contribution in [-0.4, -0.2) is 38.3 Å². The zero-order valence-corrected chi connectivity index (χ0v) is 16.5. The Balaban J connectivity index is 1.80. The monoisotopic (exact) mass is 392 g/mol. The molecular formula is C16H25ClN2O3S2. The molecule has 0 atom stereocenters. The molecule has 0 unspecified atom stereocenters. The van der Waals surface area contributed by atoms with Gasteiger partial charge < -0.3 is 5.32 Å². The maximum atomic E-state index is 12.5. The van der Waals surface area contributed by atoms with Gasteiger partial charge in [-0.15, -0.1) is 11.3 Å². The molecule has 24 heavy (non-hydrogen) atoms. The Labute approximate surface area is 153 Å². The molecule has 2 heterocycles. The first-order valence-electron chi connectivity index (χ1n) is 8.31. The third kappa shape index (κ3) is 5.44. The number of rotatable bonds is 7. The molecule has 1 fully saturated rings. The number of sulfonamides is 1. The molecule has 5 nitrogen and oxygen atoms in total. The minimum Gasteiger partial charge on any atom is -0.356 e. The Morgan fingerprint density at radius 3 is 2.58 bits per heavy atom. The summed E-state index contributed by atoms with van der Waals surface area (Å²) in [5.74, 6) is 0.897. The predicted molar refractivity (Wildman–Crippen MR) is 97.9 cm³/mol. The largest absolute Gasteiger partial charge is 0.356 e. The van der Waals surface area contributed by atoms with Gasteiger partial charge in [-0.25, -0.2) is 8.42 Å². The Kier molecular flexibility index (Phi) is 7.10. The third-order valence-corrected chi connectivity index (χ3v) is 7.83. The molecule has 8 heteroatoms. The summed E-state index contributed by atoms with van der Waals surface area (Å²) in [6.45, 7) is 5.89. The van der Waals surface area contributed by atoms with Crippen LogP contribution in [0.25, 0.3) is 0 Å². The van der Waals surface area contributed by atoms with E-state index < -0.39 is 10.0 Å². The summed E-state index contributed by atoms with van der Waals surface area (Å²) >= 11 is 6.92. The number of halogens is 1. The van der Waals surface area contributed by atoms with Gasteiger partial charge in [-0.05, 0) is 43.2 Å². The van der Waals surface area contributed by atoms with Crippen LogP contribution in [0.2, 0.25) is 4.34 Å². The molecule has 1 aromatic heterocycles. The van der Waals surface area contributed by atoms with Crippen LogP contribution in [0, 0.1) is 11.8 Å². The van der Waals surface area contributed by atoms with Crippen molar-refractivity contribution in [1.82, 2.24) is 9.62 Å². The van der Waals surface area contributed by atoms with Gasteiger partial charge in [-0.2, -0.15) is 4.31 Å². The van der Waals surface area contributed by atoms with Crippen molar-refractivity contribution in [3.63, 3.8) is 0 Å². The Morgan fingerprint density at radius 2 is 2.04 bits per heavy atom. The van der Waals surface area contributed by atoms with Crippen LogP contribution in [0.4, 0.5) is 0 Å². The Hall–Kier alpha value is -0.630. The van der Waals surface area contributed by atoms with E-state index in [4.69, 9.17) is 11.6 Å². The molecule has 0 bridgehead atoms. The lowest BCUT2D eigenvalue weighted by atomic mass is 9.94. The van der Waals surface area contributed by atoms with E-state index in [0.717, 1.165) is 30.6 Å². The topological polar surface area (TPSA) is 66.5 Å². The van der Waals surface area contributed by atoms with E-state index in [0.29, 0.717) is 36.3 Å². The molecule has 1 aliphatic heterocycles. The van der Waals surface area contributed by atoms with Crippen molar-refractivity contribution in [2.45, 2.75) is 43.7 Å². The van der Waals surface area contributed by atoms with Crippen LogP contribution >= 0.6 is 22.9 Å². The molecule has 0 aromatic carbocycles. The minimum atomic E-state index is -3.45. The molecule has 0 spiro atoms. The van der Waals surface area contributed by atoms with Crippen LogP contribution in [0.1, 0.15) is 39.5 Å². The Bertz CT molecular complexity index is 650. The van der Waals surface area contributed by atoms with E-state index in [1.54, 1.807) is 12.1 Å². The minimum absolute atomic E-state index is 0.0713. The highest BCUT2D eigenvalue weighted by Gasteiger charge is 2.31. The molecule has 1 aliphatic rings. The molecule has 2 rings (SSSR count). The first-order valence-corrected chi connectivity index (χ1v) is 10.9. The second-order valence-electron chi connectivity index (χ2n) is 6.64. The maximum absolute atomic E-state index is 12.5. The fourth-order valence-electron chi connectivity index (χ4n) is 2.75. The molecule has 136 valence electrons. The number of nitrogens with one attached hydrogen (secondary N) is 1. The molecule has 1 saturated heterocycles. The molecule has 1 N–H and O–H groups in total. The lowest BCUT2D eigenvalue weighted by Crippen LogP contribution is -2.39. The van der Waals surface area contributed by atoms with Crippen molar-refractivity contribution < 1.29 is 13.2 Å². The summed E-state index contributed by atoms with van der Waals surface area (Å²) in [6, 6.07) is 3.16. The molecular weight excluding hydrogens is 368 g/mol. The smallest absolute Gasteiger partial charge is 0.252 e. The van der Waals surface area contributed by atoms with Crippen molar-refractivity contribution in [2.75, 3.05) is 19.6 Å². The van der Waals surface area contributed by atoms with Gasteiger partial charge in [-0.1, -0.05) is 25.4 Å². The van der Waals surface area contributed by atoms with Crippen molar-refractivity contribution in [3.05, 3.63) is 16.5 Å². The number of piperidine rings is 1. The maximum Gasteiger partial charge on any atom is 0.252 e. The van der Waals surface area contributed by atoms with E-state index in [1.165, 1.54) is 4.31 Å². The molecule has 0 radical (unpaired) electrons. The zero-order valence-electron chi connectivity index (χ0n) is 14.1. The van der Waals surface area contributed by atoms with Gasteiger partial charge in [0.1, 0.15) is 4.21 Å². The van der Waals surface area contributed by atoms with Gasteiger partial charge in [0.25, 0.3) is 10.0 Å². The van der Waals surface area contributed by atoms with Gasteiger partial charge >= 0.3 is 0 Å². The summed E-state index contributed by atoms with van der Waals surface area (Å²) < 4.78 is 27.3. The standard InChI is InChI=1S/C16H25ClN2O3S2/c1-12(2)5-8-18-15(20)11-13-6-9-19(10-7-13)24(21,22)16-4-3-14(17)23-16/h3-4,12-13H,5-11H2,1-2H3,(H,18,20). The number of hydrogen-bond donors (Lipinski definition) is 1. The Morgan fingerprint density at radius 1 is 1.38 bits per heavy atom. The highest BCUT2D eigenvalue weighted by molar-refractivity contribution is 7.91. The molecule has 1 aromatic rings.